The van der Waals surface area contributed by atoms with Gasteiger partial charge in [-0.15, -0.1) is 0 Å². The molecule has 0 unspecified atom stereocenters. The number of hydrogen-bond acceptors (Lipinski definition) is 2. The average Bonchev–Trinajstić information content (AvgIpc) is 2.17. The van der Waals surface area contributed by atoms with Crippen LogP contribution in [0.5, 0.6) is 0 Å². The number of hydrogen-bond donors (Lipinski definition) is 1. The van der Waals surface area contributed by atoms with Crippen molar-refractivity contribution >= 4 is 0 Å². The maximum atomic E-state index is 12.2. The molecule has 1 N–H and O–H groups in total. The summed E-state index contributed by atoms with van der Waals surface area (Å²) in [7, 11) is 1.74. The van der Waals surface area contributed by atoms with Crippen LogP contribution in [0.4, 0.5) is 13.2 Å². The lowest BCUT2D eigenvalue weighted by molar-refractivity contribution is -0.137. The summed E-state index contributed by atoms with van der Waals surface area (Å²) in [5.74, 6) is 0. The first-order valence-corrected chi connectivity index (χ1v) is 4.50. The lowest BCUT2D eigenvalue weighted by Crippen LogP contribution is -2.34. The SMILES string of the molecule is CNC(C)(C)c1ccc(C(F)(F)F)cn1. The predicted octanol–water partition coefficient (Wildman–Crippen LogP) is 2.55. The van der Waals surface area contributed by atoms with Crippen molar-refractivity contribution in [2.24, 2.45) is 0 Å². The highest BCUT2D eigenvalue weighted by molar-refractivity contribution is 5.20. The molecule has 1 aromatic heterocycles. The molecule has 0 aliphatic heterocycles. The summed E-state index contributed by atoms with van der Waals surface area (Å²) >= 11 is 0. The summed E-state index contributed by atoms with van der Waals surface area (Å²) in [5.41, 5.74) is -0.569. The van der Waals surface area contributed by atoms with Crippen LogP contribution in [0.15, 0.2) is 18.3 Å². The number of pyridine rings is 1. The van der Waals surface area contributed by atoms with Crippen molar-refractivity contribution in [1.29, 1.82) is 0 Å². The Morgan fingerprint density at radius 2 is 1.80 bits per heavy atom. The summed E-state index contributed by atoms with van der Waals surface area (Å²) in [6.07, 6.45) is -3.47. The Morgan fingerprint density at radius 1 is 1.20 bits per heavy atom. The molecule has 0 saturated heterocycles. The Balaban J connectivity index is 3.01. The monoisotopic (exact) mass is 218 g/mol. The molecule has 0 fully saturated rings. The zero-order valence-corrected chi connectivity index (χ0v) is 8.81. The third-order valence-electron chi connectivity index (χ3n) is 2.36. The molecule has 0 saturated carbocycles. The lowest BCUT2D eigenvalue weighted by atomic mass is 10.00. The van der Waals surface area contributed by atoms with Gasteiger partial charge in [0, 0.05) is 6.20 Å². The van der Waals surface area contributed by atoms with Crippen LogP contribution in [0.25, 0.3) is 0 Å². The Kier molecular flexibility index (Phi) is 3.04. The topological polar surface area (TPSA) is 24.9 Å². The minimum absolute atomic E-state index is 0.426. The van der Waals surface area contributed by atoms with E-state index >= 15 is 0 Å². The maximum absolute atomic E-state index is 12.2. The molecule has 1 aromatic rings. The molecule has 0 spiro atoms. The molecule has 0 amide bonds. The highest BCUT2D eigenvalue weighted by Crippen LogP contribution is 2.29. The van der Waals surface area contributed by atoms with Crippen molar-refractivity contribution in [2.45, 2.75) is 25.6 Å². The van der Waals surface area contributed by atoms with E-state index < -0.39 is 17.3 Å². The zero-order valence-electron chi connectivity index (χ0n) is 8.81. The van der Waals surface area contributed by atoms with E-state index in [4.69, 9.17) is 0 Å². The van der Waals surface area contributed by atoms with Gasteiger partial charge in [0.05, 0.1) is 16.8 Å². The first-order chi connectivity index (χ1) is 6.77. The Hall–Kier alpha value is -1.10. The number of aromatic nitrogens is 1. The third kappa shape index (κ3) is 2.68. The summed E-state index contributed by atoms with van der Waals surface area (Å²) in [5, 5.41) is 2.97. The summed E-state index contributed by atoms with van der Waals surface area (Å²) in [6.45, 7) is 3.70. The van der Waals surface area contributed by atoms with Crippen LogP contribution in [-0.2, 0) is 11.7 Å². The molecule has 0 aromatic carbocycles. The fraction of sp³-hybridized carbons (Fsp3) is 0.500. The van der Waals surface area contributed by atoms with E-state index in [2.05, 4.69) is 10.3 Å². The van der Waals surface area contributed by atoms with Crippen LogP contribution in [0.3, 0.4) is 0 Å². The fourth-order valence-corrected chi connectivity index (χ4v) is 1.06. The van der Waals surface area contributed by atoms with Gasteiger partial charge in [-0.1, -0.05) is 0 Å². The summed E-state index contributed by atoms with van der Waals surface area (Å²) in [4.78, 5) is 3.81. The highest BCUT2D eigenvalue weighted by Gasteiger charge is 2.31. The molecule has 1 rings (SSSR count). The van der Waals surface area contributed by atoms with Crippen LogP contribution in [-0.4, -0.2) is 12.0 Å². The van der Waals surface area contributed by atoms with E-state index in [9.17, 15) is 13.2 Å². The van der Waals surface area contributed by atoms with Gasteiger partial charge in [-0.2, -0.15) is 13.2 Å². The number of halogens is 3. The van der Waals surface area contributed by atoms with Crippen molar-refractivity contribution in [3.05, 3.63) is 29.6 Å². The maximum Gasteiger partial charge on any atom is 0.417 e. The third-order valence-corrected chi connectivity index (χ3v) is 2.36. The fourth-order valence-electron chi connectivity index (χ4n) is 1.06. The minimum atomic E-state index is -4.32. The standard InChI is InChI=1S/C10H13F3N2/c1-9(2,14-3)8-5-4-7(6-15-8)10(11,12)13/h4-6,14H,1-3H3. The van der Waals surface area contributed by atoms with E-state index in [0.29, 0.717) is 5.69 Å². The number of rotatable bonds is 2. The smallest absolute Gasteiger partial charge is 0.310 e. The van der Waals surface area contributed by atoms with Crippen molar-refractivity contribution < 1.29 is 13.2 Å². The highest BCUT2D eigenvalue weighted by atomic mass is 19.4. The molecule has 0 aliphatic carbocycles. The van der Waals surface area contributed by atoms with Crippen molar-refractivity contribution in [1.82, 2.24) is 10.3 Å². The molecule has 2 nitrogen and oxygen atoms in total. The van der Waals surface area contributed by atoms with Crippen LogP contribution in [0, 0.1) is 0 Å². The first kappa shape index (κ1) is 12.0. The second-order valence-corrected chi connectivity index (χ2v) is 3.80. The van der Waals surface area contributed by atoms with Crippen LogP contribution < -0.4 is 5.32 Å². The molecule has 84 valence electrons. The van der Waals surface area contributed by atoms with Gasteiger partial charge in [0.25, 0.3) is 0 Å². The molecule has 0 radical (unpaired) electrons. The summed E-state index contributed by atoms with van der Waals surface area (Å²) < 4.78 is 36.7. The van der Waals surface area contributed by atoms with Gasteiger partial charge in [-0.25, -0.2) is 0 Å². The van der Waals surface area contributed by atoms with Crippen molar-refractivity contribution in [3.8, 4) is 0 Å². The number of nitrogens with zero attached hydrogens (tertiary/aromatic N) is 1. The Morgan fingerprint density at radius 3 is 2.13 bits per heavy atom. The van der Waals surface area contributed by atoms with E-state index in [1.807, 2.05) is 13.8 Å². The molecule has 15 heavy (non-hydrogen) atoms. The largest absolute Gasteiger partial charge is 0.417 e. The Bertz CT molecular complexity index is 328. The van der Waals surface area contributed by atoms with Gasteiger partial charge in [-0.3, -0.25) is 4.98 Å². The second kappa shape index (κ2) is 3.81. The molecule has 1 heterocycles. The van der Waals surface area contributed by atoms with E-state index in [-0.39, 0.29) is 0 Å². The van der Waals surface area contributed by atoms with Gasteiger partial charge < -0.3 is 5.32 Å². The van der Waals surface area contributed by atoms with Crippen LogP contribution in [0.1, 0.15) is 25.1 Å². The summed E-state index contributed by atoms with van der Waals surface area (Å²) in [6, 6.07) is 2.43. The first-order valence-electron chi connectivity index (χ1n) is 4.50. The predicted molar refractivity (Wildman–Crippen MR) is 51.3 cm³/mol. The van der Waals surface area contributed by atoms with Crippen LogP contribution >= 0.6 is 0 Å². The Labute approximate surface area is 86.5 Å². The molecule has 5 heteroatoms. The van der Waals surface area contributed by atoms with Gasteiger partial charge in [0.2, 0.25) is 0 Å². The van der Waals surface area contributed by atoms with Crippen molar-refractivity contribution in [2.75, 3.05) is 7.05 Å². The van der Waals surface area contributed by atoms with E-state index in [0.717, 1.165) is 12.3 Å². The quantitative estimate of drug-likeness (QED) is 0.825. The molecular formula is C10H13F3N2. The van der Waals surface area contributed by atoms with E-state index in [1.54, 1.807) is 7.05 Å². The normalized spacial score (nSPS) is 12.9. The minimum Gasteiger partial charge on any atom is -0.310 e. The molecule has 0 aliphatic rings. The molecular weight excluding hydrogens is 205 g/mol. The number of nitrogens with one attached hydrogen (secondary N) is 1. The average molecular weight is 218 g/mol. The van der Waals surface area contributed by atoms with Gasteiger partial charge in [-0.05, 0) is 33.0 Å². The van der Waals surface area contributed by atoms with E-state index in [1.165, 1.54) is 6.07 Å². The zero-order chi connectivity index (χ0) is 11.7. The van der Waals surface area contributed by atoms with Gasteiger partial charge in [0.15, 0.2) is 0 Å². The van der Waals surface area contributed by atoms with Crippen molar-refractivity contribution in [3.63, 3.8) is 0 Å². The van der Waals surface area contributed by atoms with Crippen LogP contribution in [0.2, 0.25) is 0 Å². The van der Waals surface area contributed by atoms with Gasteiger partial charge in [0.1, 0.15) is 0 Å². The molecule has 0 bridgehead atoms. The lowest BCUT2D eigenvalue weighted by Gasteiger charge is -2.23. The van der Waals surface area contributed by atoms with Gasteiger partial charge >= 0.3 is 6.18 Å². The second-order valence-electron chi connectivity index (χ2n) is 3.80. The number of alkyl halides is 3. The molecule has 0 atom stereocenters.